The maximum atomic E-state index is 10.7. The zero-order valence-corrected chi connectivity index (χ0v) is 11.2. The minimum atomic E-state index is -3.90. The van der Waals surface area contributed by atoms with Crippen molar-refractivity contribution < 1.29 is 18.1 Å². The molecule has 0 saturated carbocycles. The molecular formula is C12H19NO4S. The number of nitrogens with zero attached hydrogens (tertiary/aromatic N) is 1. The molecule has 1 aromatic carbocycles. The van der Waals surface area contributed by atoms with Gasteiger partial charge in [-0.15, -0.1) is 0 Å². The predicted molar refractivity (Wildman–Crippen MR) is 71.6 cm³/mol. The highest BCUT2D eigenvalue weighted by Gasteiger charge is 2.09. The Kier molecular flexibility index (Phi) is 5.43. The molecule has 0 unspecified atom stereocenters. The zero-order chi connectivity index (χ0) is 13.6. The SMILES string of the molecule is CCCN(CCCS(=O)(=O)O)c1cccc(O)c1. The van der Waals surface area contributed by atoms with Gasteiger partial charge >= 0.3 is 0 Å². The molecule has 0 radical (unpaired) electrons. The van der Waals surface area contributed by atoms with E-state index >= 15 is 0 Å². The van der Waals surface area contributed by atoms with Gasteiger partial charge in [0.1, 0.15) is 5.75 Å². The third-order valence-corrected chi connectivity index (χ3v) is 3.32. The summed E-state index contributed by atoms with van der Waals surface area (Å²) < 4.78 is 30.0. The summed E-state index contributed by atoms with van der Waals surface area (Å²) in [4.78, 5) is 1.99. The Hall–Kier alpha value is -1.27. The highest BCUT2D eigenvalue weighted by molar-refractivity contribution is 7.85. The van der Waals surface area contributed by atoms with Crippen LogP contribution in [-0.4, -0.2) is 36.9 Å². The van der Waals surface area contributed by atoms with Gasteiger partial charge in [0.25, 0.3) is 10.1 Å². The first-order valence-electron chi connectivity index (χ1n) is 5.91. The van der Waals surface area contributed by atoms with E-state index in [4.69, 9.17) is 4.55 Å². The second-order valence-corrected chi connectivity index (χ2v) is 5.72. The van der Waals surface area contributed by atoms with Gasteiger partial charge in [0.2, 0.25) is 0 Å². The largest absolute Gasteiger partial charge is 0.508 e. The fourth-order valence-corrected chi connectivity index (χ4v) is 2.26. The number of benzene rings is 1. The minimum absolute atomic E-state index is 0.184. The normalized spacial score (nSPS) is 11.4. The Morgan fingerprint density at radius 3 is 2.56 bits per heavy atom. The second kappa shape index (κ2) is 6.61. The number of anilines is 1. The van der Waals surface area contributed by atoms with E-state index in [2.05, 4.69) is 0 Å². The van der Waals surface area contributed by atoms with Gasteiger partial charge in [-0.2, -0.15) is 8.42 Å². The number of hydrogen-bond acceptors (Lipinski definition) is 4. The van der Waals surface area contributed by atoms with Gasteiger partial charge in [0.05, 0.1) is 5.75 Å². The Balaban J connectivity index is 2.65. The van der Waals surface area contributed by atoms with Crippen molar-refractivity contribution in [2.24, 2.45) is 0 Å². The molecule has 0 aliphatic rings. The molecule has 0 heterocycles. The van der Waals surface area contributed by atoms with E-state index in [9.17, 15) is 13.5 Å². The molecule has 0 saturated heterocycles. The minimum Gasteiger partial charge on any atom is -0.508 e. The maximum absolute atomic E-state index is 10.7. The van der Waals surface area contributed by atoms with Crippen molar-refractivity contribution in [3.8, 4) is 5.75 Å². The average molecular weight is 273 g/mol. The van der Waals surface area contributed by atoms with Gasteiger partial charge in [0.15, 0.2) is 0 Å². The van der Waals surface area contributed by atoms with E-state index in [-0.39, 0.29) is 11.5 Å². The van der Waals surface area contributed by atoms with E-state index in [1.807, 2.05) is 17.9 Å². The van der Waals surface area contributed by atoms with Crippen LogP contribution in [-0.2, 0) is 10.1 Å². The van der Waals surface area contributed by atoms with Gasteiger partial charge in [0, 0.05) is 24.8 Å². The monoisotopic (exact) mass is 273 g/mol. The third kappa shape index (κ3) is 5.37. The lowest BCUT2D eigenvalue weighted by atomic mass is 10.2. The van der Waals surface area contributed by atoms with Crippen LogP contribution in [0.15, 0.2) is 24.3 Å². The highest BCUT2D eigenvalue weighted by Crippen LogP contribution is 2.20. The molecule has 18 heavy (non-hydrogen) atoms. The van der Waals surface area contributed by atoms with E-state index in [1.54, 1.807) is 18.2 Å². The molecule has 5 nitrogen and oxygen atoms in total. The van der Waals surface area contributed by atoms with Crippen molar-refractivity contribution in [3.05, 3.63) is 24.3 Å². The topological polar surface area (TPSA) is 77.8 Å². The van der Waals surface area contributed by atoms with E-state index in [0.29, 0.717) is 13.0 Å². The number of phenolic OH excluding ortho intramolecular Hbond substituents is 1. The van der Waals surface area contributed by atoms with Crippen LogP contribution < -0.4 is 4.90 Å². The molecule has 0 aliphatic heterocycles. The van der Waals surface area contributed by atoms with Crippen molar-refractivity contribution in [2.75, 3.05) is 23.7 Å². The lowest BCUT2D eigenvalue weighted by Gasteiger charge is -2.24. The quantitative estimate of drug-likeness (QED) is 0.742. The summed E-state index contributed by atoms with van der Waals surface area (Å²) in [7, 11) is -3.90. The Morgan fingerprint density at radius 1 is 1.28 bits per heavy atom. The summed E-state index contributed by atoms with van der Waals surface area (Å²) in [6, 6.07) is 6.84. The highest BCUT2D eigenvalue weighted by atomic mass is 32.2. The van der Waals surface area contributed by atoms with Gasteiger partial charge < -0.3 is 10.0 Å². The van der Waals surface area contributed by atoms with Gasteiger partial charge in [-0.25, -0.2) is 0 Å². The number of aromatic hydroxyl groups is 1. The molecule has 2 N–H and O–H groups in total. The molecule has 0 fully saturated rings. The summed E-state index contributed by atoms with van der Waals surface area (Å²) in [5.74, 6) is -0.0603. The Labute approximate surface area is 108 Å². The van der Waals surface area contributed by atoms with Crippen molar-refractivity contribution in [2.45, 2.75) is 19.8 Å². The molecule has 0 bridgehead atoms. The van der Waals surface area contributed by atoms with Crippen LogP contribution in [0.5, 0.6) is 5.75 Å². The fourth-order valence-electron chi connectivity index (χ4n) is 1.77. The smallest absolute Gasteiger partial charge is 0.264 e. The van der Waals surface area contributed by atoms with E-state index in [1.165, 1.54) is 0 Å². The first-order valence-corrected chi connectivity index (χ1v) is 7.52. The Bertz CT molecular complexity index is 473. The molecule has 0 atom stereocenters. The lowest BCUT2D eigenvalue weighted by molar-refractivity contribution is 0.474. The lowest BCUT2D eigenvalue weighted by Crippen LogP contribution is -2.26. The van der Waals surface area contributed by atoms with Crippen LogP contribution in [0.4, 0.5) is 5.69 Å². The third-order valence-electron chi connectivity index (χ3n) is 2.52. The standard InChI is InChI=1S/C12H19NO4S/c1-2-7-13(8-4-9-18(15,16)17)11-5-3-6-12(14)10-11/h3,5-6,10,14H,2,4,7-9H2,1H3,(H,15,16,17). The average Bonchev–Trinajstić information content (AvgIpc) is 2.26. The molecule has 102 valence electrons. The van der Waals surface area contributed by atoms with Gasteiger partial charge in [-0.05, 0) is 25.0 Å². The molecule has 0 aromatic heterocycles. The number of phenols is 1. The zero-order valence-electron chi connectivity index (χ0n) is 10.4. The van der Waals surface area contributed by atoms with Gasteiger partial charge in [-0.1, -0.05) is 13.0 Å². The summed E-state index contributed by atoms with van der Waals surface area (Å²) in [6.45, 7) is 3.32. The van der Waals surface area contributed by atoms with Crippen LogP contribution in [0.1, 0.15) is 19.8 Å². The number of rotatable bonds is 7. The fraction of sp³-hybridized carbons (Fsp3) is 0.500. The summed E-state index contributed by atoms with van der Waals surface area (Å²) >= 11 is 0. The molecule has 0 spiro atoms. The van der Waals surface area contributed by atoms with Crippen molar-refractivity contribution in [3.63, 3.8) is 0 Å². The second-order valence-electron chi connectivity index (χ2n) is 4.15. The molecule has 6 heteroatoms. The first-order chi connectivity index (χ1) is 8.42. The van der Waals surface area contributed by atoms with Crippen LogP contribution in [0.3, 0.4) is 0 Å². The summed E-state index contributed by atoms with van der Waals surface area (Å²) in [5.41, 5.74) is 0.854. The van der Waals surface area contributed by atoms with Crippen LogP contribution in [0.25, 0.3) is 0 Å². The van der Waals surface area contributed by atoms with Crippen molar-refractivity contribution in [1.82, 2.24) is 0 Å². The number of hydrogen-bond donors (Lipinski definition) is 2. The summed E-state index contributed by atoms with van der Waals surface area (Å²) in [5, 5.41) is 9.42. The maximum Gasteiger partial charge on any atom is 0.264 e. The van der Waals surface area contributed by atoms with E-state index in [0.717, 1.165) is 18.7 Å². The Morgan fingerprint density at radius 2 is 2.00 bits per heavy atom. The van der Waals surface area contributed by atoms with Crippen LogP contribution in [0.2, 0.25) is 0 Å². The first kappa shape index (κ1) is 14.8. The molecule has 0 aliphatic carbocycles. The van der Waals surface area contributed by atoms with Crippen molar-refractivity contribution >= 4 is 15.8 Å². The summed E-state index contributed by atoms with van der Waals surface area (Å²) in [6.07, 6.45) is 1.27. The molecular weight excluding hydrogens is 254 g/mol. The molecule has 0 amide bonds. The van der Waals surface area contributed by atoms with Crippen molar-refractivity contribution in [1.29, 1.82) is 0 Å². The van der Waals surface area contributed by atoms with E-state index < -0.39 is 10.1 Å². The predicted octanol–water partition coefficient (Wildman–Crippen LogP) is 1.89. The molecule has 1 rings (SSSR count). The van der Waals surface area contributed by atoms with Crippen LogP contribution in [0, 0.1) is 0 Å². The van der Waals surface area contributed by atoms with Crippen LogP contribution >= 0.6 is 0 Å². The van der Waals surface area contributed by atoms with Gasteiger partial charge in [-0.3, -0.25) is 4.55 Å². The molecule has 1 aromatic rings.